The fourth-order valence-corrected chi connectivity index (χ4v) is 0.955. The highest BCUT2D eigenvalue weighted by Crippen LogP contribution is 2.01. The molecule has 80 valence electrons. The van der Waals surface area contributed by atoms with Crippen LogP contribution in [0.1, 0.15) is 5.56 Å². The third-order valence-electron chi connectivity index (χ3n) is 1.62. The number of carbonyl (C=O) groups is 1. The Bertz CT molecular complexity index is 267. The van der Waals surface area contributed by atoms with Crippen molar-refractivity contribution in [1.29, 1.82) is 0 Å². The van der Waals surface area contributed by atoms with E-state index < -0.39 is 12.0 Å². The third-order valence-corrected chi connectivity index (χ3v) is 1.62. The van der Waals surface area contributed by atoms with E-state index in [1.807, 2.05) is 30.3 Å². The van der Waals surface area contributed by atoms with Crippen LogP contribution in [0.4, 0.5) is 0 Å². The minimum atomic E-state index is -0.959. The number of halogens is 2. The lowest BCUT2D eigenvalue weighted by atomic mass is 10.1. The molecule has 0 bridgehead atoms. The molecule has 0 aromatic heterocycles. The molecule has 0 aliphatic heterocycles. The van der Waals surface area contributed by atoms with E-state index in [9.17, 15) is 4.79 Å². The average Bonchev–Trinajstić information content (AvgIpc) is 2.06. The highest BCUT2D eigenvalue weighted by Gasteiger charge is 2.10. The van der Waals surface area contributed by atoms with Gasteiger partial charge in [-0.2, -0.15) is 0 Å². The number of hydrogen-bond donors (Lipinski definition) is 2. The first-order valence-electron chi connectivity index (χ1n) is 3.72. The number of carboxylic acids is 1. The fraction of sp³-hybridized carbons (Fsp3) is 0.222. The van der Waals surface area contributed by atoms with Crippen LogP contribution in [0.25, 0.3) is 0 Å². The topological polar surface area (TPSA) is 63.3 Å². The monoisotopic (exact) mass is 325 g/mol. The van der Waals surface area contributed by atoms with Crippen molar-refractivity contribution < 1.29 is 9.90 Å². The molecular weight excluding hydrogens is 314 g/mol. The number of aliphatic carboxylic acids is 1. The summed E-state index contributed by atoms with van der Waals surface area (Å²) < 4.78 is 0. The van der Waals surface area contributed by atoms with E-state index in [2.05, 4.69) is 0 Å². The number of benzene rings is 1. The molecule has 0 fully saturated rings. The van der Waals surface area contributed by atoms with Gasteiger partial charge in [0.15, 0.2) is 0 Å². The molecule has 1 aromatic rings. The zero-order chi connectivity index (χ0) is 8.97. The molecule has 0 heterocycles. The van der Waals surface area contributed by atoms with E-state index in [1.165, 1.54) is 0 Å². The summed E-state index contributed by atoms with van der Waals surface area (Å²) in [7, 11) is 0. The maximum absolute atomic E-state index is 10.4. The van der Waals surface area contributed by atoms with Gasteiger partial charge >= 0.3 is 5.97 Å². The van der Waals surface area contributed by atoms with Crippen LogP contribution < -0.4 is 5.73 Å². The molecule has 1 rings (SSSR count). The normalized spacial score (nSPS) is 10.6. The van der Waals surface area contributed by atoms with Crippen molar-refractivity contribution >= 4 is 39.9 Å². The highest BCUT2D eigenvalue weighted by molar-refractivity contribution is 8.93. The molecule has 5 heteroatoms. The van der Waals surface area contributed by atoms with Gasteiger partial charge in [-0.3, -0.25) is 4.79 Å². The quantitative estimate of drug-likeness (QED) is 0.890. The Kier molecular flexibility index (Phi) is 9.13. The Balaban J connectivity index is 0. The summed E-state index contributed by atoms with van der Waals surface area (Å²) in [6.45, 7) is 0. The largest absolute Gasteiger partial charge is 0.480 e. The molecule has 3 N–H and O–H groups in total. The second-order valence-corrected chi connectivity index (χ2v) is 2.63. The second-order valence-electron chi connectivity index (χ2n) is 2.63. The van der Waals surface area contributed by atoms with Gasteiger partial charge in [-0.25, -0.2) is 0 Å². The standard InChI is InChI=1S/C9H11NO2.2BrH/c10-8(9(11)12)6-7-4-2-1-3-5-7;;/h1-5,8H,6,10H2,(H,11,12);2*1H/t8-;;/m0../s1. The van der Waals surface area contributed by atoms with Gasteiger partial charge in [-0.05, 0) is 12.0 Å². The first kappa shape index (κ1) is 16.1. The van der Waals surface area contributed by atoms with Crippen molar-refractivity contribution in [3.63, 3.8) is 0 Å². The average molecular weight is 327 g/mol. The molecule has 0 spiro atoms. The second kappa shape index (κ2) is 7.96. The van der Waals surface area contributed by atoms with E-state index in [0.29, 0.717) is 6.42 Å². The summed E-state index contributed by atoms with van der Waals surface area (Å²) in [5.74, 6) is -0.959. The van der Waals surface area contributed by atoms with Gasteiger partial charge < -0.3 is 10.8 Å². The van der Waals surface area contributed by atoms with E-state index in [0.717, 1.165) is 5.56 Å². The number of hydrogen-bond acceptors (Lipinski definition) is 2. The Morgan fingerprint density at radius 1 is 1.29 bits per heavy atom. The summed E-state index contributed by atoms with van der Waals surface area (Å²) in [6, 6.07) is 8.54. The lowest BCUT2D eigenvalue weighted by Gasteiger charge is -2.04. The summed E-state index contributed by atoms with van der Waals surface area (Å²) in [5.41, 5.74) is 6.30. The van der Waals surface area contributed by atoms with E-state index >= 15 is 0 Å². The lowest BCUT2D eigenvalue weighted by Crippen LogP contribution is -2.32. The number of carboxylic acid groups (broad SMARTS) is 1. The van der Waals surface area contributed by atoms with Crippen molar-refractivity contribution in [2.45, 2.75) is 12.5 Å². The summed E-state index contributed by atoms with van der Waals surface area (Å²) in [5, 5.41) is 8.52. The highest BCUT2D eigenvalue weighted by atomic mass is 79.9. The molecule has 14 heavy (non-hydrogen) atoms. The molecule has 3 nitrogen and oxygen atoms in total. The van der Waals surface area contributed by atoms with Crippen LogP contribution in [-0.2, 0) is 11.2 Å². The van der Waals surface area contributed by atoms with Crippen LogP contribution in [-0.4, -0.2) is 17.1 Å². The maximum Gasteiger partial charge on any atom is 0.320 e. The van der Waals surface area contributed by atoms with Crippen LogP contribution in [0.5, 0.6) is 0 Å². The molecule has 0 aliphatic rings. The van der Waals surface area contributed by atoms with Gasteiger partial charge in [0.05, 0.1) is 0 Å². The first-order chi connectivity index (χ1) is 5.70. The zero-order valence-electron chi connectivity index (χ0n) is 7.42. The summed E-state index contributed by atoms with van der Waals surface area (Å²) >= 11 is 0. The summed E-state index contributed by atoms with van der Waals surface area (Å²) in [6.07, 6.45) is 0.385. The van der Waals surface area contributed by atoms with Gasteiger partial charge in [0.1, 0.15) is 6.04 Å². The molecule has 0 saturated heterocycles. The SMILES string of the molecule is Br.Br.N[C@@H](Cc1ccccc1)C(=O)O. The Hall–Kier alpha value is -0.390. The van der Waals surface area contributed by atoms with Crippen molar-refractivity contribution in [1.82, 2.24) is 0 Å². The van der Waals surface area contributed by atoms with Crippen molar-refractivity contribution in [2.75, 3.05) is 0 Å². The number of nitrogens with two attached hydrogens (primary N) is 1. The fourth-order valence-electron chi connectivity index (χ4n) is 0.955. The van der Waals surface area contributed by atoms with E-state index in [1.54, 1.807) is 0 Å². The molecule has 1 atom stereocenters. The molecule has 0 aliphatic carbocycles. The lowest BCUT2D eigenvalue weighted by molar-refractivity contribution is -0.138. The van der Waals surface area contributed by atoms with Gasteiger partial charge in [0, 0.05) is 0 Å². The van der Waals surface area contributed by atoms with Crippen LogP contribution >= 0.6 is 34.0 Å². The predicted molar refractivity (Wildman–Crippen MR) is 66.4 cm³/mol. The molecule has 1 aromatic carbocycles. The maximum atomic E-state index is 10.4. The molecule has 0 saturated carbocycles. The minimum Gasteiger partial charge on any atom is -0.480 e. The minimum absolute atomic E-state index is 0. The molecular formula is C9H13Br2NO2. The van der Waals surface area contributed by atoms with Gasteiger partial charge in [0.2, 0.25) is 0 Å². The number of rotatable bonds is 3. The first-order valence-corrected chi connectivity index (χ1v) is 3.72. The van der Waals surface area contributed by atoms with Crippen LogP contribution in [0.3, 0.4) is 0 Å². The molecule has 0 unspecified atom stereocenters. The van der Waals surface area contributed by atoms with Crippen molar-refractivity contribution in [2.24, 2.45) is 5.73 Å². The smallest absolute Gasteiger partial charge is 0.320 e. The third kappa shape index (κ3) is 5.36. The molecule has 0 amide bonds. The Morgan fingerprint density at radius 2 is 1.79 bits per heavy atom. The Labute approximate surface area is 104 Å². The van der Waals surface area contributed by atoms with E-state index in [-0.39, 0.29) is 34.0 Å². The van der Waals surface area contributed by atoms with Crippen LogP contribution in [0.2, 0.25) is 0 Å². The van der Waals surface area contributed by atoms with Gasteiger partial charge in [-0.15, -0.1) is 34.0 Å². The van der Waals surface area contributed by atoms with Gasteiger partial charge in [-0.1, -0.05) is 30.3 Å². The van der Waals surface area contributed by atoms with Gasteiger partial charge in [0.25, 0.3) is 0 Å². The van der Waals surface area contributed by atoms with E-state index in [4.69, 9.17) is 10.8 Å². The van der Waals surface area contributed by atoms with Crippen molar-refractivity contribution in [3.8, 4) is 0 Å². The van der Waals surface area contributed by atoms with Crippen LogP contribution in [0, 0.1) is 0 Å². The summed E-state index contributed by atoms with van der Waals surface area (Å²) in [4.78, 5) is 10.4. The molecule has 0 radical (unpaired) electrons. The predicted octanol–water partition coefficient (Wildman–Crippen LogP) is 1.80. The Morgan fingerprint density at radius 3 is 2.21 bits per heavy atom. The zero-order valence-corrected chi connectivity index (χ0v) is 10.8. The van der Waals surface area contributed by atoms with Crippen LogP contribution in [0.15, 0.2) is 30.3 Å². The van der Waals surface area contributed by atoms with Crippen molar-refractivity contribution in [3.05, 3.63) is 35.9 Å².